The summed E-state index contributed by atoms with van der Waals surface area (Å²) in [5, 5.41) is 2.88. The summed E-state index contributed by atoms with van der Waals surface area (Å²) in [7, 11) is 0. The second kappa shape index (κ2) is 4.85. The lowest BCUT2D eigenvalue weighted by molar-refractivity contribution is 0.199. The number of nitrogens with one attached hydrogen (secondary N) is 1. The summed E-state index contributed by atoms with van der Waals surface area (Å²) >= 11 is 0. The number of hydrogen-bond donors (Lipinski definition) is 6. The molecule has 0 heterocycles. The molecule has 80 valence electrons. The molecule has 0 aromatic carbocycles. The van der Waals surface area contributed by atoms with Crippen LogP contribution in [0.25, 0.3) is 0 Å². The van der Waals surface area contributed by atoms with Crippen LogP contribution in [0.3, 0.4) is 0 Å². The van der Waals surface area contributed by atoms with Gasteiger partial charge in [-0.05, 0) is 32.9 Å². The van der Waals surface area contributed by atoms with Crippen molar-refractivity contribution in [1.29, 1.82) is 0 Å². The Morgan fingerprint density at radius 2 is 1.62 bits per heavy atom. The third-order valence-corrected chi connectivity index (χ3v) is 1.94. The monoisotopic (exact) mass is 190 g/mol. The van der Waals surface area contributed by atoms with E-state index in [0.29, 0.717) is 13.1 Å². The Kier molecular flexibility index (Phi) is 4.76. The molecule has 11 N–H and O–H groups in total. The molecule has 0 aliphatic heterocycles. The molecule has 0 atom stereocenters. The lowest BCUT2D eigenvalue weighted by Crippen LogP contribution is -2.81. The maximum absolute atomic E-state index is 5.66. The van der Waals surface area contributed by atoms with Crippen LogP contribution in [-0.4, -0.2) is 24.5 Å². The van der Waals surface area contributed by atoms with Crippen molar-refractivity contribution < 1.29 is 0 Å². The van der Waals surface area contributed by atoms with Gasteiger partial charge in [0.05, 0.1) is 0 Å². The van der Waals surface area contributed by atoms with Crippen LogP contribution in [0.1, 0.15) is 19.8 Å². The first kappa shape index (κ1) is 12.8. The fraction of sp³-hybridized carbons (Fsp3) is 1.00. The van der Waals surface area contributed by atoms with Gasteiger partial charge in [-0.3, -0.25) is 16.8 Å². The molecule has 0 spiro atoms. The Balaban J connectivity index is 3.77. The van der Waals surface area contributed by atoms with Crippen molar-refractivity contribution in [3.8, 4) is 0 Å². The quantitative estimate of drug-likeness (QED) is 0.202. The molecule has 0 aliphatic rings. The molecule has 0 saturated heterocycles. The zero-order chi connectivity index (χ0) is 10.5. The van der Waals surface area contributed by atoms with Crippen LogP contribution in [-0.2, 0) is 0 Å². The molecule has 0 fully saturated rings. The third-order valence-electron chi connectivity index (χ3n) is 1.94. The fourth-order valence-corrected chi connectivity index (χ4v) is 0.755. The van der Waals surface area contributed by atoms with Crippen LogP contribution in [0.2, 0.25) is 0 Å². The molecule has 0 bridgehead atoms. The molecular weight excluding hydrogens is 168 g/mol. The summed E-state index contributed by atoms with van der Waals surface area (Å²) in [5.41, 5.74) is 26.6. The minimum Gasteiger partial charge on any atom is -0.330 e. The smallest absolute Gasteiger partial charge is 0.150 e. The zero-order valence-corrected chi connectivity index (χ0v) is 8.22. The van der Waals surface area contributed by atoms with Crippen LogP contribution in [0.15, 0.2) is 0 Å². The lowest BCUT2D eigenvalue weighted by Gasteiger charge is -2.38. The van der Waals surface area contributed by atoms with Crippen molar-refractivity contribution in [1.82, 2.24) is 5.32 Å². The maximum atomic E-state index is 5.66. The normalized spacial score (nSPS) is 13.4. The van der Waals surface area contributed by atoms with E-state index in [1.807, 2.05) is 0 Å². The average Bonchev–Trinajstić information content (AvgIpc) is 1.96. The summed E-state index contributed by atoms with van der Waals surface area (Å²) in [5.74, 6) is -1.25. The molecule has 0 aliphatic carbocycles. The topological polar surface area (TPSA) is 142 Å². The highest BCUT2D eigenvalue weighted by atomic mass is 15.3. The molecular formula is C7H22N6. The van der Waals surface area contributed by atoms with Gasteiger partial charge in [0.25, 0.3) is 0 Å². The van der Waals surface area contributed by atoms with Crippen molar-refractivity contribution in [2.24, 2.45) is 28.7 Å². The molecule has 6 heteroatoms. The van der Waals surface area contributed by atoms with Gasteiger partial charge in [-0.25, -0.2) is 0 Å². The van der Waals surface area contributed by atoms with E-state index in [0.717, 1.165) is 12.8 Å². The van der Waals surface area contributed by atoms with Gasteiger partial charge in [-0.1, -0.05) is 0 Å². The summed E-state index contributed by atoms with van der Waals surface area (Å²) in [6.07, 6.45) is 1.83. The minimum absolute atomic E-state index is 0.659. The third kappa shape index (κ3) is 4.51. The van der Waals surface area contributed by atoms with Crippen molar-refractivity contribution in [2.45, 2.75) is 31.2 Å². The summed E-state index contributed by atoms with van der Waals surface area (Å²) < 4.78 is 0. The predicted molar refractivity (Wildman–Crippen MR) is 54.2 cm³/mol. The first-order chi connectivity index (χ1) is 5.81. The van der Waals surface area contributed by atoms with E-state index in [4.69, 9.17) is 28.7 Å². The number of rotatable bonds is 6. The molecule has 0 unspecified atom stereocenters. The van der Waals surface area contributed by atoms with Gasteiger partial charge in [0.2, 0.25) is 0 Å². The van der Waals surface area contributed by atoms with E-state index < -0.39 is 11.4 Å². The Morgan fingerprint density at radius 1 is 1.08 bits per heavy atom. The Hall–Kier alpha value is -0.240. The minimum atomic E-state index is -1.25. The Labute approximate surface area is 79.2 Å². The molecule has 0 amide bonds. The van der Waals surface area contributed by atoms with Crippen molar-refractivity contribution in [3.05, 3.63) is 0 Å². The van der Waals surface area contributed by atoms with E-state index >= 15 is 0 Å². The summed E-state index contributed by atoms with van der Waals surface area (Å²) in [4.78, 5) is 0. The van der Waals surface area contributed by atoms with Gasteiger partial charge in [-0.15, -0.1) is 0 Å². The average molecular weight is 190 g/mol. The second-order valence-electron chi connectivity index (χ2n) is 3.57. The molecule has 0 aromatic heterocycles. The maximum Gasteiger partial charge on any atom is 0.150 e. The van der Waals surface area contributed by atoms with Gasteiger partial charge >= 0.3 is 0 Å². The van der Waals surface area contributed by atoms with E-state index in [2.05, 4.69) is 5.32 Å². The van der Waals surface area contributed by atoms with Crippen LogP contribution in [0.4, 0.5) is 0 Å². The van der Waals surface area contributed by atoms with Gasteiger partial charge < -0.3 is 17.2 Å². The second-order valence-corrected chi connectivity index (χ2v) is 3.57. The Bertz CT molecular complexity index is 138. The van der Waals surface area contributed by atoms with Crippen LogP contribution >= 0.6 is 0 Å². The van der Waals surface area contributed by atoms with Gasteiger partial charge in [0, 0.05) is 0 Å². The SMILES string of the molecule is CC(N)(N)C(N)(N)NCCCCN. The van der Waals surface area contributed by atoms with Gasteiger partial charge in [0.1, 0.15) is 11.4 Å². The van der Waals surface area contributed by atoms with Crippen LogP contribution < -0.4 is 34.0 Å². The largest absolute Gasteiger partial charge is 0.330 e. The molecule has 6 nitrogen and oxygen atoms in total. The fourth-order valence-electron chi connectivity index (χ4n) is 0.755. The first-order valence-electron chi connectivity index (χ1n) is 4.42. The van der Waals surface area contributed by atoms with Crippen molar-refractivity contribution in [2.75, 3.05) is 13.1 Å². The number of unbranched alkanes of at least 4 members (excludes halogenated alkanes) is 1. The van der Waals surface area contributed by atoms with E-state index in [9.17, 15) is 0 Å². The van der Waals surface area contributed by atoms with E-state index in [-0.39, 0.29) is 0 Å². The molecule has 13 heavy (non-hydrogen) atoms. The van der Waals surface area contributed by atoms with E-state index in [1.165, 1.54) is 0 Å². The standard InChI is InChI=1S/C7H22N6/c1-6(9,10)7(11,12)13-5-3-2-4-8/h13H,2-5,8-12H2,1H3. The van der Waals surface area contributed by atoms with E-state index in [1.54, 1.807) is 6.92 Å². The van der Waals surface area contributed by atoms with Gasteiger partial charge in [0.15, 0.2) is 0 Å². The van der Waals surface area contributed by atoms with Crippen molar-refractivity contribution in [3.63, 3.8) is 0 Å². The molecule has 0 rings (SSSR count). The molecule has 0 aromatic rings. The number of nitrogens with two attached hydrogens (primary N) is 5. The van der Waals surface area contributed by atoms with Crippen molar-refractivity contribution >= 4 is 0 Å². The molecule has 0 radical (unpaired) electrons. The first-order valence-corrected chi connectivity index (χ1v) is 4.42. The van der Waals surface area contributed by atoms with Gasteiger partial charge in [-0.2, -0.15) is 0 Å². The zero-order valence-electron chi connectivity index (χ0n) is 8.22. The molecule has 0 saturated carbocycles. The van der Waals surface area contributed by atoms with Crippen LogP contribution in [0.5, 0.6) is 0 Å². The predicted octanol–water partition coefficient (Wildman–Crippen LogP) is -2.48. The van der Waals surface area contributed by atoms with Crippen LogP contribution in [0, 0.1) is 0 Å². The highest BCUT2D eigenvalue weighted by Crippen LogP contribution is 2.00. The lowest BCUT2D eigenvalue weighted by atomic mass is 10.1. The Morgan fingerprint density at radius 3 is 2.00 bits per heavy atom. The number of hydrogen-bond acceptors (Lipinski definition) is 6. The highest BCUT2D eigenvalue weighted by molar-refractivity contribution is 4.93. The highest BCUT2D eigenvalue weighted by Gasteiger charge is 2.34. The summed E-state index contributed by atoms with van der Waals surface area (Å²) in [6.45, 7) is 2.89. The summed E-state index contributed by atoms with van der Waals surface area (Å²) in [6, 6.07) is 0.